The number of nitrogens with zero attached hydrogens (tertiary/aromatic N) is 4. The lowest BCUT2D eigenvalue weighted by Crippen LogP contribution is -2.51. The number of hydrogen-bond acceptors (Lipinski definition) is 5. The zero-order valence-electron chi connectivity index (χ0n) is 16.1. The van der Waals surface area contributed by atoms with Gasteiger partial charge < -0.3 is 19.6 Å². The summed E-state index contributed by atoms with van der Waals surface area (Å²) in [4.78, 5) is 20.5. The van der Waals surface area contributed by atoms with Gasteiger partial charge in [0, 0.05) is 54.6 Å². The Labute approximate surface area is 174 Å². The highest BCUT2D eigenvalue weighted by Crippen LogP contribution is 2.26. The Morgan fingerprint density at radius 1 is 1.10 bits per heavy atom. The van der Waals surface area contributed by atoms with Crippen molar-refractivity contribution in [3.8, 4) is 22.8 Å². The predicted molar refractivity (Wildman–Crippen MR) is 113 cm³/mol. The molecule has 0 aliphatic carbocycles. The van der Waals surface area contributed by atoms with E-state index in [0.29, 0.717) is 36.4 Å². The molecule has 0 unspecified atom stereocenters. The molecule has 3 aromatic rings. The van der Waals surface area contributed by atoms with Crippen LogP contribution in [0.25, 0.3) is 22.8 Å². The smallest absolute Gasteiger partial charge is 0.317 e. The number of carbonyl (C=O) groups excluding carboxylic acids is 1. The van der Waals surface area contributed by atoms with E-state index < -0.39 is 0 Å². The van der Waals surface area contributed by atoms with Gasteiger partial charge in [-0.3, -0.25) is 0 Å². The second-order valence-electron chi connectivity index (χ2n) is 6.79. The summed E-state index contributed by atoms with van der Waals surface area (Å²) < 4.78 is 5.39. The Hall–Kier alpha value is -3.06. The number of halogens is 1. The zero-order chi connectivity index (χ0) is 20.2. The first-order chi connectivity index (χ1) is 14.1. The Morgan fingerprint density at radius 3 is 2.55 bits per heavy atom. The van der Waals surface area contributed by atoms with Gasteiger partial charge in [-0.25, -0.2) is 4.79 Å². The molecule has 0 spiro atoms. The van der Waals surface area contributed by atoms with Gasteiger partial charge in [-0.15, -0.1) is 0 Å². The quantitative estimate of drug-likeness (QED) is 0.704. The van der Waals surface area contributed by atoms with Gasteiger partial charge >= 0.3 is 6.03 Å². The van der Waals surface area contributed by atoms with Crippen molar-refractivity contribution >= 4 is 23.3 Å². The standard InChI is InChI=1S/C21H22ClN5O2/c1-2-23-21(28)27-12-10-26(11-13-27)18-8-6-15(7-9-18)19-24-20(29-25-19)16-4-3-5-17(22)14-16/h3-9,14H,2,10-13H2,1H3,(H,23,28). The number of amides is 2. The van der Waals surface area contributed by atoms with Crippen LogP contribution in [-0.4, -0.2) is 53.8 Å². The number of benzene rings is 2. The molecule has 1 saturated heterocycles. The van der Waals surface area contributed by atoms with Crippen LogP contribution >= 0.6 is 11.6 Å². The lowest BCUT2D eigenvalue weighted by molar-refractivity contribution is 0.195. The average molecular weight is 412 g/mol. The molecule has 0 atom stereocenters. The summed E-state index contributed by atoms with van der Waals surface area (Å²) in [5.41, 5.74) is 2.78. The molecule has 1 N–H and O–H groups in total. The molecule has 0 radical (unpaired) electrons. The molecule has 1 aliphatic heterocycles. The van der Waals surface area contributed by atoms with Crippen molar-refractivity contribution in [1.29, 1.82) is 0 Å². The van der Waals surface area contributed by atoms with Crippen molar-refractivity contribution in [3.05, 3.63) is 53.6 Å². The molecule has 150 valence electrons. The zero-order valence-corrected chi connectivity index (χ0v) is 16.9. The Kier molecular flexibility index (Phi) is 5.67. The minimum Gasteiger partial charge on any atom is -0.368 e. The summed E-state index contributed by atoms with van der Waals surface area (Å²) >= 11 is 6.03. The van der Waals surface area contributed by atoms with E-state index in [9.17, 15) is 4.79 Å². The second kappa shape index (κ2) is 8.53. The van der Waals surface area contributed by atoms with Crippen LogP contribution in [-0.2, 0) is 0 Å². The fraction of sp³-hybridized carbons (Fsp3) is 0.286. The van der Waals surface area contributed by atoms with E-state index in [1.165, 1.54) is 0 Å². The SMILES string of the molecule is CCNC(=O)N1CCN(c2ccc(-c3noc(-c4cccc(Cl)c4)n3)cc2)CC1. The first-order valence-electron chi connectivity index (χ1n) is 9.62. The first kappa shape index (κ1) is 19.3. The van der Waals surface area contributed by atoms with Gasteiger partial charge in [-0.1, -0.05) is 22.8 Å². The predicted octanol–water partition coefficient (Wildman–Crippen LogP) is 3.91. The third-order valence-electron chi connectivity index (χ3n) is 4.88. The highest BCUT2D eigenvalue weighted by Gasteiger charge is 2.21. The van der Waals surface area contributed by atoms with E-state index in [1.54, 1.807) is 12.1 Å². The Bertz CT molecular complexity index is 981. The maximum atomic E-state index is 11.9. The summed E-state index contributed by atoms with van der Waals surface area (Å²) in [6.07, 6.45) is 0. The van der Waals surface area contributed by atoms with Crippen molar-refractivity contribution in [2.75, 3.05) is 37.6 Å². The van der Waals surface area contributed by atoms with Crippen LogP contribution < -0.4 is 10.2 Å². The van der Waals surface area contributed by atoms with Crippen molar-refractivity contribution in [3.63, 3.8) is 0 Å². The average Bonchev–Trinajstić information content (AvgIpc) is 3.25. The molecular weight excluding hydrogens is 390 g/mol. The Balaban J connectivity index is 1.42. The highest BCUT2D eigenvalue weighted by atomic mass is 35.5. The fourth-order valence-corrected chi connectivity index (χ4v) is 3.52. The van der Waals surface area contributed by atoms with E-state index in [2.05, 4.69) is 20.4 Å². The van der Waals surface area contributed by atoms with Crippen molar-refractivity contribution in [2.45, 2.75) is 6.92 Å². The molecule has 8 heteroatoms. The molecule has 7 nitrogen and oxygen atoms in total. The maximum Gasteiger partial charge on any atom is 0.317 e. The van der Waals surface area contributed by atoms with Crippen LogP contribution in [0, 0.1) is 0 Å². The number of anilines is 1. The molecule has 1 fully saturated rings. The number of aromatic nitrogens is 2. The minimum atomic E-state index is 0.00936. The van der Waals surface area contributed by atoms with Crippen LogP contribution in [0.5, 0.6) is 0 Å². The number of piperazine rings is 1. The molecule has 0 saturated carbocycles. The number of nitrogens with one attached hydrogen (secondary N) is 1. The lowest BCUT2D eigenvalue weighted by atomic mass is 10.1. The third-order valence-corrected chi connectivity index (χ3v) is 5.12. The van der Waals surface area contributed by atoms with Crippen LogP contribution in [0.3, 0.4) is 0 Å². The molecule has 2 heterocycles. The number of urea groups is 1. The van der Waals surface area contributed by atoms with Crippen LogP contribution in [0.1, 0.15) is 6.92 Å². The molecule has 1 aromatic heterocycles. The lowest BCUT2D eigenvalue weighted by Gasteiger charge is -2.36. The molecule has 4 rings (SSSR count). The van der Waals surface area contributed by atoms with E-state index in [4.69, 9.17) is 16.1 Å². The highest BCUT2D eigenvalue weighted by molar-refractivity contribution is 6.30. The van der Waals surface area contributed by atoms with Crippen molar-refractivity contribution in [1.82, 2.24) is 20.4 Å². The molecule has 29 heavy (non-hydrogen) atoms. The van der Waals surface area contributed by atoms with Gasteiger partial charge in [-0.05, 0) is 49.4 Å². The molecule has 2 aromatic carbocycles. The van der Waals surface area contributed by atoms with Crippen LogP contribution in [0.2, 0.25) is 5.02 Å². The van der Waals surface area contributed by atoms with E-state index in [-0.39, 0.29) is 6.03 Å². The Morgan fingerprint density at radius 2 is 1.86 bits per heavy atom. The van der Waals surface area contributed by atoms with E-state index in [1.807, 2.05) is 48.2 Å². The topological polar surface area (TPSA) is 74.5 Å². The maximum absolute atomic E-state index is 11.9. The largest absolute Gasteiger partial charge is 0.368 e. The summed E-state index contributed by atoms with van der Waals surface area (Å²) in [7, 11) is 0. The third kappa shape index (κ3) is 4.35. The van der Waals surface area contributed by atoms with Crippen molar-refractivity contribution in [2.24, 2.45) is 0 Å². The van der Waals surface area contributed by atoms with Gasteiger partial charge in [0.05, 0.1) is 0 Å². The monoisotopic (exact) mass is 411 g/mol. The van der Waals surface area contributed by atoms with Crippen LogP contribution in [0.4, 0.5) is 10.5 Å². The summed E-state index contributed by atoms with van der Waals surface area (Å²) in [6, 6.07) is 15.4. The molecular formula is C21H22ClN5O2. The number of rotatable bonds is 4. The molecule has 1 aliphatic rings. The van der Waals surface area contributed by atoms with Gasteiger partial charge in [0.1, 0.15) is 0 Å². The fourth-order valence-electron chi connectivity index (χ4n) is 3.33. The van der Waals surface area contributed by atoms with Crippen LogP contribution in [0.15, 0.2) is 53.1 Å². The number of carbonyl (C=O) groups is 1. The molecule has 0 bridgehead atoms. The van der Waals surface area contributed by atoms with Gasteiger partial charge in [-0.2, -0.15) is 4.98 Å². The second-order valence-corrected chi connectivity index (χ2v) is 7.23. The summed E-state index contributed by atoms with van der Waals surface area (Å²) in [5, 5.41) is 7.56. The van der Waals surface area contributed by atoms with Crippen molar-refractivity contribution < 1.29 is 9.32 Å². The summed E-state index contributed by atoms with van der Waals surface area (Å²) in [6.45, 7) is 5.60. The van der Waals surface area contributed by atoms with Gasteiger partial charge in [0.15, 0.2) is 0 Å². The van der Waals surface area contributed by atoms with Gasteiger partial charge in [0.25, 0.3) is 5.89 Å². The summed E-state index contributed by atoms with van der Waals surface area (Å²) in [5.74, 6) is 0.973. The van der Waals surface area contributed by atoms with Gasteiger partial charge in [0.2, 0.25) is 5.82 Å². The molecule has 2 amide bonds. The first-order valence-corrected chi connectivity index (χ1v) is 9.99. The van der Waals surface area contributed by atoms with E-state index >= 15 is 0 Å². The normalized spacial score (nSPS) is 14.1. The minimum absolute atomic E-state index is 0.00936. The van der Waals surface area contributed by atoms with E-state index in [0.717, 1.165) is 29.9 Å². The number of hydrogen-bond donors (Lipinski definition) is 1.